The predicted octanol–water partition coefficient (Wildman–Crippen LogP) is 12.9. The van der Waals surface area contributed by atoms with Crippen LogP contribution in [-0.2, 0) is 5.41 Å². The van der Waals surface area contributed by atoms with Crippen LogP contribution in [0.1, 0.15) is 22.3 Å². The number of fused-ring (bicyclic) bond motifs is 5. The summed E-state index contributed by atoms with van der Waals surface area (Å²) >= 11 is 0. The monoisotopic (exact) mass is 713 g/mol. The number of nitrogens with zero attached hydrogens (tertiary/aromatic N) is 3. The third kappa shape index (κ3) is 4.91. The van der Waals surface area contributed by atoms with E-state index in [0.29, 0.717) is 5.82 Å². The maximum Gasteiger partial charge on any atom is 0.160 e. The highest BCUT2D eigenvalue weighted by molar-refractivity contribution is 6.12. The second-order valence-electron chi connectivity index (χ2n) is 14.5. The summed E-state index contributed by atoms with van der Waals surface area (Å²) in [5.74, 6) is 0.703. The number of hydrogen-bond donors (Lipinski definition) is 0. The Morgan fingerprint density at radius 3 is 1.70 bits per heavy atom. The first-order valence-electron chi connectivity index (χ1n) is 19.2. The molecule has 1 atom stereocenters. The highest BCUT2D eigenvalue weighted by Gasteiger charge is 2.45. The number of aromatic nitrogens is 3. The summed E-state index contributed by atoms with van der Waals surface area (Å²) < 4.78 is 2.48. The largest absolute Gasteiger partial charge is 0.309 e. The highest BCUT2D eigenvalue weighted by atomic mass is 15.0. The molecule has 262 valence electrons. The Morgan fingerprint density at radius 1 is 0.357 bits per heavy atom. The summed E-state index contributed by atoms with van der Waals surface area (Å²) in [4.78, 5) is 10.4. The van der Waals surface area contributed by atoms with Gasteiger partial charge in [0, 0.05) is 27.5 Å². The lowest BCUT2D eigenvalue weighted by molar-refractivity contribution is 0.728. The summed E-state index contributed by atoms with van der Waals surface area (Å²) in [5, 5.41) is 2.53. The minimum Gasteiger partial charge on any atom is -0.309 e. The van der Waals surface area contributed by atoms with Gasteiger partial charge in [-0.1, -0.05) is 188 Å². The van der Waals surface area contributed by atoms with Crippen LogP contribution in [-0.4, -0.2) is 14.5 Å². The van der Waals surface area contributed by atoms with Crippen LogP contribution >= 0.6 is 0 Å². The van der Waals surface area contributed by atoms with Crippen LogP contribution in [0.5, 0.6) is 0 Å². The molecule has 8 aromatic carbocycles. The molecule has 0 spiro atoms. The molecule has 0 bridgehead atoms. The van der Waals surface area contributed by atoms with Crippen LogP contribution in [0, 0.1) is 0 Å². The standard InChI is InChI=1S/C53H35N3/c1-4-16-36(17-5-1)39-20-14-21-40(34-39)48-35-47(54-52(55-48)38-18-6-2-7-19-38)37-30-32-42(33-31-37)53(41-22-8-3-9-23-41)45-26-11-13-29-50(45)56-49-28-12-10-24-43(49)44-25-15-27-46(53)51(44)56/h1-35H. The van der Waals surface area contributed by atoms with E-state index < -0.39 is 5.41 Å². The number of para-hydroxylation sites is 3. The third-order valence-corrected chi connectivity index (χ3v) is 11.5. The van der Waals surface area contributed by atoms with Crippen molar-refractivity contribution in [1.82, 2.24) is 14.5 Å². The van der Waals surface area contributed by atoms with Crippen molar-refractivity contribution in [2.75, 3.05) is 0 Å². The Bertz CT molecular complexity index is 3060. The first kappa shape index (κ1) is 32.1. The highest BCUT2D eigenvalue weighted by Crippen LogP contribution is 2.54. The van der Waals surface area contributed by atoms with Crippen molar-refractivity contribution < 1.29 is 0 Å². The van der Waals surface area contributed by atoms with Crippen molar-refractivity contribution in [2.45, 2.75) is 5.41 Å². The summed E-state index contributed by atoms with van der Waals surface area (Å²) in [7, 11) is 0. The molecule has 1 unspecified atom stereocenters. The van der Waals surface area contributed by atoms with Gasteiger partial charge < -0.3 is 4.57 Å². The lowest BCUT2D eigenvalue weighted by Crippen LogP contribution is -2.35. The fourth-order valence-electron chi connectivity index (χ4n) is 9.02. The van der Waals surface area contributed by atoms with Crippen molar-refractivity contribution in [3.8, 4) is 50.7 Å². The van der Waals surface area contributed by atoms with Gasteiger partial charge in [-0.2, -0.15) is 0 Å². The van der Waals surface area contributed by atoms with Crippen LogP contribution in [0.25, 0.3) is 72.5 Å². The second kappa shape index (κ2) is 12.9. The van der Waals surface area contributed by atoms with Gasteiger partial charge >= 0.3 is 0 Å². The van der Waals surface area contributed by atoms with Crippen LogP contribution in [0.15, 0.2) is 212 Å². The van der Waals surface area contributed by atoms with Gasteiger partial charge in [-0.25, -0.2) is 9.97 Å². The quantitative estimate of drug-likeness (QED) is 0.172. The lowest BCUT2D eigenvalue weighted by Gasteiger charge is -2.41. The Kier molecular flexibility index (Phi) is 7.39. The summed E-state index contributed by atoms with van der Waals surface area (Å²) in [6.07, 6.45) is 0. The molecule has 56 heavy (non-hydrogen) atoms. The van der Waals surface area contributed by atoms with E-state index in [1.54, 1.807) is 0 Å². The van der Waals surface area contributed by atoms with Gasteiger partial charge in [0.15, 0.2) is 5.82 Å². The fraction of sp³-hybridized carbons (Fsp3) is 0.0189. The minimum atomic E-state index is -0.565. The van der Waals surface area contributed by atoms with E-state index in [1.165, 1.54) is 55.3 Å². The summed E-state index contributed by atoms with van der Waals surface area (Å²) in [5.41, 5.74) is 15.3. The van der Waals surface area contributed by atoms with E-state index in [2.05, 4.69) is 199 Å². The van der Waals surface area contributed by atoms with Crippen LogP contribution in [0.2, 0.25) is 0 Å². The summed E-state index contributed by atoms with van der Waals surface area (Å²) in [6, 6.07) is 76.3. The van der Waals surface area contributed by atoms with Gasteiger partial charge in [0.05, 0.1) is 33.5 Å². The predicted molar refractivity (Wildman–Crippen MR) is 230 cm³/mol. The molecule has 0 fully saturated rings. The van der Waals surface area contributed by atoms with Gasteiger partial charge in [-0.05, 0) is 57.6 Å². The molecule has 2 aromatic heterocycles. The molecule has 0 N–H and O–H groups in total. The Hall–Kier alpha value is -7.36. The van der Waals surface area contributed by atoms with E-state index >= 15 is 0 Å². The molecule has 0 saturated heterocycles. The fourth-order valence-corrected chi connectivity index (χ4v) is 9.02. The van der Waals surface area contributed by atoms with Crippen LogP contribution in [0.3, 0.4) is 0 Å². The molecule has 3 heterocycles. The Morgan fingerprint density at radius 2 is 0.911 bits per heavy atom. The van der Waals surface area contributed by atoms with Gasteiger partial charge in [0.2, 0.25) is 0 Å². The van der Waals surface area contributed by atoms with Crippen molar-refractivity contribution in [1.29, 1.82) is 0 Å². The van der Waals surface area contributed by atoms with Crippen LogP contribution < -0.4 is 0 Å². The molecule has 0 amide bonds. The molecular weight excluding hydrogens is 679 g/mol. The van der Waals surface area contributed by atoms with Crippen molar-refractivity contribution >= 4 is 21.8 Å². The zero-order valence-corrected chi connectivity index (χ0v) is 30.5. The zero-order valence-electron chi connectivity index (χ0n) is 30.5. The smallest absolute Gasteiger partial charge is 0.160 e. The van der Waals surface area contributed by atoms with E-state index in [4.69, 9.17) is 9.97 Å². The molecule has 0 saturated carbocycles. The van der Waals surface area contributed by atoms with Crippen LogP contribution in [0.4, 0.5) is 0 Å². The lowest BCUT2D eigenvalue weighted by atomic mass is 9.63. The Labute approximate surface area is 325 Å². The average Bonchev–Trinajstić information content (AvgIpc) is 3.63. The molecule has 1 aliphatic rings. The molecule has 11 rings (SSSR count). The van der Waals surface area contributed by atoms with Gasteiger partial charge in [0.1, 0.15) is 0 Å². The maximum atomic E-state index is 5.20. The van der Waals surface area contributed by atoms with E-state index in [1.807, 2.05) is 18.2 Å². The van der Waals surface area contributed by atoms with E-state index in [9.17, 15) is 0 Å². The minimum absolute atomic E-state index is 0.565. The van der Waals surface area contributed by atoms with Crippen molar-refractivity contribution in [3.05, 3.63) is 235 Å². The first-order chi connectivity index (χ1) is 27.8. The SMILES string of the molecule is c1ccc(-c2cccc(-c3cc(-c4ccc(C5(c6ccccc6)c6ccccc6-n6c7ccccc7c7cccc5c76)cc4)nc(-c4ccccc4)n3)c2)cc1. The first-order valence-corrected chi connectivity index (χ1v) is 19.2. The normalized spacial score (nSPS) is 14.5. The Balaban J connectivity index is 1.12. The number of hydrogen-bond acceptors (Lipinski definition) is 2. The molecular formula is C53H35N3. The third-order valence-electron chi connectivity index (χ3n) is 11.5. The van der Waals surface area contributed by atoms with Gasteiger partial charge in [-0.15, -0.1) is 0 Å². The number of benzene rings is 8. The molecule has 3 nitrogen and oxygen atoms in total. The molecule has 10 aromatic rings. The van der Waals surface area contributed by atoms with Gasteiger partial charge in [0.25, 0.3) is 0 Å². The molecule has 0 radical (unpaired) electrons. The zero-order chi connectivity index (χ0) is 37.1. The average molecular weight is 714 g/mol. The number of rotatable bonds is 6. The molecule has 1 aliphatic heterocycles. The molecule has 3 heteroatoms. The van der Waals surface area contributed by atoms with Crippen molar-refractivity contribution in [2.24, 2.45) is 0 Å². The van der Waals surface area contributed by atoms with Crippen molar-refractivity contribution in [3.63, 3.8) is 0 Å². The molecule has 0 aliphatic carbocycles. The maximum absolute atomic E-state index is 5.20. The summed E-state index contributed by atoms with van der Waals surface area (Å²) in [6.45, 7) is 0. The van der Waals surface area contributed by atoms with E-state index in [-0.39, 0.29) is 0 Å². The second-order valence-corrected chi connectivity index (χ2v) is 14.5. The van der Waals surface area contributed by atoms with E-state index in [0.717, 1.165) is 33.6 Å². The topological polar surface area (TPSA) is 30.7 Å². The van der Waals surface area contributed by atoms with Gasteiger partial charge in [-0.3, -0.25) is 0 Å².